The van der Waals surface area contributed by atoms with Crippen LogP contribution in [-0.2, 0) is 36.8 Å². The summed E-state index contributed by atoms with van der Waals surface area (Å²) in [6.07, 6.45) is 33.5. The Balaban J connectivity index is 0.000000374. The fraction of sp³-hybridized carbons (Fsp3) is 0.735. The van der Waals surface area contributed by atoms with E-state index in [2.05, 4.69) is 248 Å². The SMILES string of the molecule is CCCC/C=C\C[C@@H]1[C@@H](c2ccc(C(O)CCCCC)cc2)[C@H](O)C[C@H]1F.CCCCCC(O[Si](C)(C)C(C)(C)C)c1ccc([C@@H]2[C@@H](C/C=C\CCCC(=O)OC)[C@@H](O)C[C@H]2O[Si](C)(C)C(C)(C)C)cc1.CCCCCC(O[Si](C)(C)C(C)(C)C)c1ccc([C@@H]2[C@@H](C/C=C\CCCC(=O)OC)[C@H](F)C[C@H]2O[Si](C)(C)C(C)(C)C)cc1. The number of halogens is 2. The van der Waals surface area contributed by atoms with Crippen LogP contribution in [0, 0.1) is 17.8 Å². The molecule has 3 saturated carbocycles. The zero-order valence-corrected chi connectivity index (χ0v) is 81.5. The number of aliphatic hydroxyl groups excluding tert-OH is 3. The van der Waals surface area contributed by atoms with Crippen molar-refractivity contribution < 1.29 is 60.9 Å². The second-order valence-electron chi connectivity index (χ2n) is 40.2. The van der Waals surface area contributed by atoms with Crippen molar-refractivity contribution in [1.29, 1.82) is 0 Å². The van der Waals surface area contributed by atoms with Gasteiger partial charge in [0.25, 0.3) is 0 Å². The minimum absolute atomic E-state index is 0.00672. The summed E-state index contributed by atoms with van der Waals surface area (Å²) in [6.45, 7) is 54.8. The molecule has 0 bridgehead atoms. The monoisotopic (exact) mass is 1670 g/mol. The molecule has 3 aliphatic rings. The lowest BCUT2D eigenvalue weighted by Gasteiger charge is -2.40. The number of carbonyl (C=O) groups excluding carboxylic acids is 2. The fourth-order valence-corrected chi connectivity index (χ4v) is 20.9. The Kier molecular flexibility index (Phi) is 44.0. The summed E-state index contributed by atoms with van der Waals surface area (Å²) in [5, 5.41) is 32.6. The van der Waals surface area contributed by atoms with Gasteiger partial charge in [-0.3, -0.25) is 9.59 Å². The first-order valence-electron chi connectivity index (χ1n) is 45.2. The molecule has 0 aliphatic heterocycles. The maximum atomic E-state index is 15.9. The number of carbonyl (C=O) groups is 2. The van der Waals surface area contributed by atoms with Crippen molar-refractivity contribution in [3.63, 3.8) is 0 Å². The second-order valence-corrected chi connectivity index (χ2v) is 59.2. The molecule has 115 heavy (non-hydrogen) atoms. The first kappa shape index (κ1) is 104. The third-order valence-corrected chi connectivity index (χ3v) is 45.1. The predicted molar refractivity (Wildman–Crippen MR) is 490 cm³/mol. The average molecular weight is 1670 g/mol. The summed E-state index contributed by atoms with van der Waals surface area (Å²) in [5.74, 6) is -0.635. The topological polar surface area (TPSA) is 150 Å². The number of ether oxygens (including phenoxy) is 2. The van der Waals surface area contributed by atoms with Gasteiger partial charge in [-0.25, -0.2) is 8.78 Å². The van der Waals surface area contributed by atoms with Crippen LogP contribution >= 0.6 is 0 Å². The molecule has 6 rings (SSSR count). The Labute approximate surface area is 705 Å². The molecule has 3 N–H and O–H groups in total. The van der Waals surface area contributed by atoms with Gasteiger partial charge in [-0.15, -0.1) is 0 Å². The van der Waals surface area contributed by atoms with Crippen molar-refractivity contribution >= 4 is 45.2 Å². The van der Waals surface area contributed by atoms with Crippen LogP contribution in [0.4, 0.5) is 8.78 Å². The molecular weight excluding hydrogens is 1500 g/mol. The van der Waals surface area contributed by atoms with Crippen molar-refractivity contribution in [2.45, 2.75) is 429 Å². The molecule has 3 aromatic carbocycles. The average Bonchev–Trinajstić information content (AvgIpc) is 1.65. The van der Waals surface area contributed by atoms with Gasteiger partial charge in [0.15, 0.2) is 33.3 Å². The molecule has 3 fully saturated rings. The normalized spacial score (nSPS) is 23.5. The van der Waals surface area contributed by atoms with Gasteiger partial charge >= 0.3 is 11.9 Å². The third-order valence-electron chi connectivity index (χ3n) is 27.1. The first-order chi connectivity index (χ1) is 53.8. The van der Waals surface area contributed by atoms with E-state index >= 15 is 4.39 Å². The molecule has 3 aliphatic carbocycles. The summed E-state index contributed by atoms with van der Waals surface area (Å²) in [6, 6.07) is 25.9. The number of hydrogen-bond donors (Lipinski definition) is 3. The minimum Gasteiger partial charge on any atom is -0.469 e. The molecule has 15 atom stereocenters. The Hall–Kier alpha value is -3.73. The zero-order chi connectivity index (χ0) is 86.3. The number of esters is 2. The maximum Gasteiger partial charge on any atom is 0.305 e. The Morgan fingerprint density at radius 2 is 0.730 bits per heavy atom. The molecule has 0 aromatic heterocycles. The Morgan fingerprint density at radius 1 is 0.409 bits per heavy atom. The summed E-state index contributed by atoms with van der Waals surface area (Å²) in [4.78, 5) is 22.9. The van der Waals surface area contributed by atoms with Crippen molar-refractivity contribution in [2.24, 2.45) is 17.8 Å². The van der Waals surface area contributed by atoms with E-state index in [1.54, 1.807) is 0 Å². The zero-order valence-electron chi connectivity index (χ0n) is 77.5. The number of methoxy groups -OCH3 is 2. The molecule has 3 unspecified atom stereocenters. The van der Waals surface area contributed by atoms with Crippen LogP contribution < -0.4 is 0 Å². The highest BCUT2D eigenvalue weighted by molar-refractivity contribution is 6.75. The maximum absolute atomic E-state index is 15.9. The smallest absolute Gasteiger partial charge is 0.305 e. The van der Waals surface area contributed by atoms with Gasteiger partial charge in [-0.2, -0.15) is 0 Å². The predicted octanol–water partition coefficient (Wildman–Crippen LogP) is 28.2. The van der Waals surface area contributed by atoms with E-state index in [0.29, 0.717) is 38.5 Å². The molecule has 17 heteroatoms. The van der Waals surface area contributed by atoms with Gasteiger partial charge in [-0.05, 0) is 189 Å². The Bertz CT molecular complexity index is 3140. The van der Waals surface area contributed by atoms with E-state index in [-0.39, 0.29) is 98.4 Å². The van der Waals surface area contributed by atoms with E-state index in [4.69, 9.17) is 27.2 Å². The minimum atomic E-state index is -2.10. The number of allylic oxidation sites excluding steroid dienone is 6. The van der Waals surface area contributed by atoms with Crippen LogP contribution in [0.15, 0.2) is 109 Å². The number of unbranched alkanes of at least 4 members (excludes halogenated alkanes) is 10. The standard InChI is InChI=1S/C37H65FO4Si2.C37H66O5Si2.C24H37FO2/c2*1-13-14-17-21-32(41-43(9,10)36(2,3)4)28-23-25-29(26-24-28)35-30(20-18-15-16-19-22-34(39)40-8)31(38)27-33(35)42-44(11,12)37(5,6)7;1-3-5-7-8-10-11-20-21(25)17-23(27)24(20)19-15-13-18(14-16-19)22(26)12-9-6-4-2/h15,18,23-26,30-33,35H,13-14,16-17,19-22,27H2,1-12H3;15,18,23-26,30-33,35,38H,13-14,16-17,19-22,27H2,1-12H3;8,10,13-16,20-24,26-27H,3-7,9,11-12,17H2,1-2H3/b2*18-15-;10-8-/t30-,31+,32?,33+,35+;30-,31-,32?,33+,35+;20-,21+,22?,23+,24+/m000/s1. The number of benzene rings is 3. The number of aliphatic hydroxyl groups is 3. The van der Waals surface area contributed by atoms with Gasteiger partial charge in [0.2, 0.25) is 0 Å². The van der Waals surface area contributed by atoms with Crippen LogP contribution in [0.3, 0.4) is 0 Å². The lowest BCUT2D eigenvalue weighted by molar-refractivity contribution is -0.141. The first-order valence-corrected chi connectivity index (χ1v) is 56.8. The lowest BCUT2D eigenvalue weighted by Crippen LogP contribution is -2.44. The lowest BCUT2D eigenvalue weighted by atomic mass is 9.84. The molecule has 3 aromatic rings. The van der Waals surface area contributed by atoms with Crippen LogP contribution in [0.5, 0.6) is 0 Å². The number of rotatable bonds is 43. The van der Waals surface area contributed by atoms with Crippen molar-refractivity contribution in [3.05, 3.63) is 143 Å². The summed E-state index contributed by atoms with van der Waals surface area (Å²) < 4.78 is 67.9. The fourth-order valence-electron chi connectivity index (χ4n) is 15.6. The highest BCUT2D eigenvalue weighted by Crippen LogP contribution is 2.52. The van der Waals surface area contributed by atoms with Gasteiger partial charge in [0.05, 0.1) is 56.9 Å². The summed E-state index contributed by atoms with van der Waals surface area (Å²) in [7, 11) is -5.20. The Morgan fingerprint density at radius 3 is 1.10 bits per heavy atom. The van der Waals surface area contributed by atoms with E-state index in [0.717, 1.165) is 107 Å². The van der Waals surface area contributed by atoms with Crippen molar-refractivity contribution in [3.8, 4) is 0 Å². The van der Waals surface area contributed by atoms with Gasteiger partial charge in [0, 0.05) is 55.3 Å². The van der Waals surface area contributed by atoms with E-state index in [1.165, 1.54) is 68.6 Å². The molecule has 656 valence electrons. The van der Waals surface area contributed by atoms with Crippen LogP contribution in [-0.4, -0.2) is 112 Å². The molecule has 0 amide bonds. The second kappa shape index (κ2) is 48.8. The molecule has 0 radical (unpaired) electrons. The van der Waals surface area contributed by atoms with E-state index < -0.39 is 63.9 Å². The molecule has 0 saturated heterocycles. The molecule has 0 spiro atoms. The van der Waals surface area contributed by atoms with Gasteiger partial charge < -0.3 is 42.5 Å². The highest BCUT2D eigenvalue weighted by Gasteiger charge is 2.51. The van der Waals surface area contributed by atoms with Crippen molar-refractivity contribution in [1.82, 2.24) is 0 Å². The van der Waals surface area contributed by atoms with Crippen LogP contribution in [0.1, 0.15) is 354 Å². The largest absolute Gasteiger partial charge is 0.469 e. The van der Waals surface area contributed by atoms with Crippen molar-refractivity contribution in [2.75, 3.05) is 14.2 Å². The molecular formula is C98H168F2O11Si4. The van der Waals surface area contributed by atoms with Crippen LogP contribution in [0.2, 0.25) is 72.5 Å². The quantitative estimate of drug-likeness (QED) is 0.0215. The van der Waals surface area contributed by atoms with Crippen LogP contribution in [0.25, 0.3) is 0 Å². The van der Waals surface area contributed by atoms with Gasteiger partial charge in [-0.1, -0.05) is 291 Å². The third kappa shape index (κ3) is 32.9. The summed E-state index contributed by atoms with van der Waals surface area (Å²) >= 11 is 0. The van der Waals surface area contributed by atoms with E-state index in [9.17, 15) is 29.3 Å². The summed E-state index contributed by atoms with van der Waals surface area (Å²) in [5.41, 5.74) is 6.80. The van der Waals surface area contributed by atoms with Gasteiger partial charge in [0.1, 0.15) is 12.3 Å². The molecule has 0 heterocycles. The number of alkyl halides is 2. The molecule has 11 nitrogen and oxygen atoms in total. The van der Waals surface area contributed by atoms with E-state index in [1.807, 2.05) is 24.3 Å². The highest BCUT2D eigenvalue weighted by atomic mass is 28.4. The number of hydrogen-bond acceptors (Lipinski definition) is 11.